The lowest BCUT2D eigenvalue weighted by molar-refractivity contribution is -0.289. The van der Waals surface area contributed by atoms with Gasteiger partial charge in [-0.15, -0.1) is 0 Å². The fourth-order valence-corrected chi connectivity index (χ4v) is 0.414. The van der Waals surface area contributed by atoms with Crippen molar-refractivity contribution in [3.8, 4) is 0 Å². The van der Waals surface area contributed by atoms with Crippen LogP contribution in [0.4, 0.5) is 0 Å². The molecule has 0 aromatic rings. The lowest BCUT2D eigenvalue weighted by Crippen LogP contribution is -2.27. The molecule has 0 saturated heterocycles. The van der Waals surface area contributed by atoms with Gasteiger partial charge in [-0.05, 0) is 0 Å². The summed E-state index contributed by atoms with van der Waals surface area (Å²) in [5.41, 5.74) is 0. The maximum absolute atomic E-state index is 10.4. The fraction of sp³-hybridized carbons (Fsp3) is 0.500. The highest BCUT2D eigenvalue weighted by molar-refractivity contribution is 5.81. The van der Waals surface area contributed by atoms with Gasteiger partial charge in [-0.3, -0.25) is 30.4 Å². The summed E-state index contributed by atoms with van der Waals surface area (Å²) in [7, 11) is 0. The highest BCUT2D eigenvalue weighted by Crippen LogP contribution is 1.95. The van der Waals surface area contributed by atoms with Gasteiger partial charge in [0.1, 0.15) is 0 Å². The van der Waals surface area contributed by atoms with E-state index in [1.807, 2.05) is 0 Å². The summed E-state index contributed by atoms with van der Waals surface area (Å²) in [6.07, 6.45) is -1.05. The molecule has 0 aliphatic rings. The molecular formula is C4H8N2O6. The van der Waals surface area contributed by atoms with Gasteiger partial charge < -0.3 is 0 Å². The standard InChI is InChI=1S/C4H8N2O6/c7-3(5(9)10)1-2-4(8)6(11)12/h9-12H,1-2H2. The van der Waals surface area contributed by atoms with E-state index in [-0.39, 0.29) is 0 Å². The maximum atomic E-state index is 10.4. The molecule has 0 heterocycles. The zero-order chi connectivity index (χ0) is 9.72. The van der Waals surface area contributed by atoms with Crippen molar-refractivity contribution in [2.75, 3.05) is 0 Å². The van der Waals surface area contributed by atoms with Crippen molar-refractivity contribution in [1.29, 1.82) is 0 Å². The topological polar surface area (TPSA) is 122 Å². The summed E-state index contributed by atoms with van der Waals surface area (Å²) >= 11 is 0. The molecular weight excluding hydrogens is 172 g/mol. The van der Waals surface area contributed by atoms with Crippen LogP contribution in [0.15, 0.2) is 0 Å². The Bertz CT molecular complexity index is 158. The quantitative estimate of drug-likeness (QED) is 0.325. The highest BCUT2D eigenvalue weighted by atomic mass is 16.8. The van der Waals surface area contributed by atoms with Crippen LogP contribution in [0, 0.1) is 0 Å². The van der Waals surface area contributed by atoms with Crippen molar-refractivity contribution >= 4 is 11.8 Å². The molecule has 70 valence electrons. The molecule has 0 aliphatic heterocycles. The molecule has 0 aromatic heterocycles. The first kappa shape index (κ1) is 10.8. The summed E-state index contributed by atoms with van der Waals surface area (Å²) in [5, 5.41) is 30.9. The number of nitrogens with zero attached hydrogens (tertiary/aromatic N) is 2. The first-order chi connectivity index (χ1) is 5.45. The molecule has 0 saturated carbocycles. The Hall–Kier alpha value is -1.22. The van der Waals surface area contributed by atoms with Crippen molar-refractivity contribution in [2.24, 2.45) is 0 Å². The van der Waals surface area contributed by atoms with Crippen molar-refractivity contribution in [3.63, 3.8) is 0 Å². The Labute approximate surface area is 66.7 Å². The predicted octanol–water partition coefficient (Wildman–Crippen LogP) is -1.02. The Kier molecular flexibility index (Phi) is 4.15. The largest absolute Gasteiger partial charge is 0.273 e. The number of amides is 2. The second-order valence-corrected chi connectivity index (χ2v) is 1.87. The van der Waals surface area contributed by atoms with Gasteiger partial charge in [0, 0.05) is 12.8 Å². The molecule has 0 aromatic carbocycles. The van der Waals surface area contributed by atoms with E-state index in [0.717, 1.165) is 0 Å². The van der Waals surface area contributed by atoms with E-state index in [1.165, 1.54) is 0 Å². The van der Waals surface area contributed by atoms with Gasteiger partial charge in [-0.25, -0.2) is 0 Å². The number of carbonyl (C=O) groups is 2. The molecule has 0 fully saturated rings. The van der Waals surface area contributed by atoms with Crippen LogP contribution >= 0.6 is 0 Å². The van der Waals surface area contributed by atoms with Gasteiger partial charge in [-0.1, -0.05) is 10.5 Å². The SMILES string of the molecule is O=C(CCC(=O)N(O)O)N(O)O. The average molecular weight is 180 g/mol. The summed E-state index contributed by atoms with van der Waals surface area (Å²) < 4.78 is 0. The van der Waals surface area contributed by atoms with E-state index in [2.05, 4.69) is 0 Å². The Morgan fingerprint density at radius 3 is 1.25 bits per heavy atom. The summed E-state index contributed by atoms with van der Waals surface area (Å²) in [4.78, 5) is 20.7. The molecule has 0 bridgehead atoms. The van der Waals surface area contributed by atoms with Crippen molar-refractivity contribution in [1.82, 2.24) is 10.5 Å². The number of rotatable bonds is 3. The van der Waals surface area contributed by atoms with Gasteiger partial charge in [-0.2, -0.15) is 0 Å². The lowest BCUT2D eigenvalue weighted by Gasteiger charge is -2.06. The Morgan fingerprint density at radius 2 is 1.08 bits per heavy atom. The van der Waals surface area contributed by atoms with Crippen molar-refractivity contribution < 1.29 is 30.4 Å². The van der Waals surface area contributed by atoms with E-state index < -0.39 is 35.1 Å². The van der Waals surface area contributed by atoms with Crippen LogP contribution in [0.5, 0.6) is 0 Å². The van der Waals surface area contributed by atoms with Crippen LogP contribution in [0.1, 0.15) is 12.8 Å². The molecule has 0 atom stereocenters. The van der Waals surface area contributed by atoms with Crippen LogP contribution in [0.2, 0.25) is 0 Å². The first-order valence-electron chi connectivity index (χ1n) is 2.86. The van der Waals surface area contributed by atoms with E-state index in [9.17, 15) is 9.59 Å². The third-order valence-corrected chi connectivity index (χ3v) is 0.999. The second kappa shape index (κ2) is 4.62. The number of hydroxylamine groups is 4. The zero-order valence-corrected chi connectivity index (χ0v) is 5.91. The van der Waals surface area contributed by atoms with Crippen LogP contribution in [0.3, 0.4) is 0 Å². The number of hydrogen-bond donors (Lipinski definition) is 4. The lowest BCUT2D eigenvalue weighted by atomic mass is 10.3. The minimum absolute atomic E-state index is 0.524. The third-order valence-electron chi connectivity index (χ3n) is 0.999. The minimum Gasteiger partial charge on any atom is -0.270 e. The maximum Gasteiger partial charge on any atom is 0.273 e. The number of hydrogen-bond acceptors (Lipinski definition) is 6. The van der Waals surface area contributed by atoms with Gasteiger partial charge in [0.05, 0.1) is 0 Å². The second-order valence-electron chi connectivity index (χ2n) is 1.87. The van der Waals surface area contributed by atoms with Crippen molar-refractivity contribution in [3.05, 3.63) is 0 Å². The van der Waals surface area contributed by atoms with Gasteiger partial charge in [0.15, 0.2) is 0 Å². The molecule has 0 rings (SSSR count). The van der Waals surface area contributed by atoms with Gasteiger partial charge >= 0.3 is 0 Å². The summed E-state index contributed by atoms with van der Waals surface area (Å²) in [6, 6.07) is 0. The van der Waals surface area contributed by atoms with Crippen LogP contribution in [-0.2, 0) is 9.59 Å². The van der Waals surface area contributed by atoms with Crippen molar-refractivity contribution in [2.45, 2.75) is 12.8 Å². The molecule has 12 heavy (non-hydrogen) atoms. The molecule has 2 amide bonds. The molecule has 8 heteroatoms. The predicted molar refractivity (Wildman–Crippen MR) is 30.1 cm³/mol. The van der Waals surface area contributed by atoms with Gasteiger partial charge in [0.2, 0.25) is 0 Å². The summed E-state index contributed by atoms with van der Waals surface area (Å²) in [6.45, 7) is 0. The summed E-state index contributed by atoms with van der Waals surface area (Å²) in [5.74, 6) is -2.24. The van der Waals surface area contributed by atoms with E-state index in [0.29, 0.717) is 0 Å². The van der Waals surface area contributed by atoms with Crippen LogP contribution in [0.25, 0.3) is 0 Å². The molecule has 8 nitrogen and oxygen atoms in total. The van der Waals surface area contributed by atoms with E-state index in [1.54, 1.807) is 0 Å². The number of carbonyl (C=O) groups excluding carboxylic acids is 2. The fourth-order valence-electron chi connectivity index (χ4n) is 0.414. The molecule has 0 radical (unpaired) electrons. The smallest absolute Gasteiger partial charge is 0.270 e. The normalized spacial score (nSPS) is 9.33. The Balaban J connectivity index is 3.69. The van der Waals surface area contributed by atoms with E-state index >= 15 is 0 Å². The molecule has 0 spiro atoms. The Morgan fingerprint density at radius 1 is 0.833 bits per heavy atom. The zero-order valence-electron chi connectivity index (χ0n) is 5.91. The minimum atomic E-state index is -1.12. The van der Waals surface area contributed by atoms with E-state index in [4.69, 9.17) is 20.8 Å². The van der Waals surface area contributed by atoms with Gasteiger partial charge in [0.25, 0.3) is 11.8 Å². The highest BCUT2D eigenvalue weighted by Gasteiger charge is 2.13. The average Bonchev–Trinajstić information content (AvgIpc) is 1.98. The third kappa shape index (κ3) is 3.83. The molecule has 0 aliphatic carbocycles. The monoisotopic (exact) mass is 180 g/mol. The van der Waals surface area contributed by atoms with Crippen LogP contribution in [-0.4, -0.2) is 43.1 Å². The molecule has 4 N–H and O–H groups in total. The van der Waals surface area contributed by atoms with Crippen LogP contribution < -0.4 is 0 Å². The molecule has 0 unspecified atom stereocenters. The first-order valence-corrected chi connectivity index (χ1v) is 2.86.